The molecule has 0 saturated heterocycles. The van der Waals surface area contributed by atoms with Gasteiger partial charge in [0.15, 0.2) is 0 Å². The Morgan fingerprint density at radius 1 is 0.739 bits per heavy atom. The molecule has 4 aromatic carbocycles. The number of aryl methyl sites for hydroxylation is 1. The maximum atomic E-state index is 12.3. The van der Waals surface area contributed by atoms with Crippen molar-refractivity contribution >= 4 is 17.3 Å². The van der Waals surface area contributed by atoms with Crippen molar-refractivity contribution in [2.24, 2.45) is 0 Å². The Morgan fingerprint density at radius 3 is 2.22 bits per heavy atom. The minimum Gasteiger partial charge on any atom is -0.493 e. The fourth-order valence-electron chi connectivity index (χ4n) is 5.16. The van der Waals surface area contributed by atoms with Crippen LogP contribution in [0.15, 0.2) is 102 Å². The van der Waals surface area contributed by atoms with Crippen LogP contribution in [0.25, 0.3) is 11.1 Å². The molecule has 6 nitrogen and oxygen atoms in total. The standard InChI is InChI=1S/C39H40O6S/c1-4-13-31-34(18-11-19-35(31)45-36-17-10-9-16-32(36)39(40)41-3)42-21-12-22-43-37-25-38(44-26-28-14-7-6-8-15-28)33(24-29(37)5-2)30-20-23-46-27-30/h6-11,14-20,23-25,27H,4-5,12-13,21-22,26H2,1-3H3. The number of carbonyl (C=O) groups is 1. The minimum atomic E-state index is -0.442. The van der Waals surface area contributed by atoms with E-state index in [0.29, 0.717) is 43.3 Å². The van der Waals surface area contributed by atoms with Crippen LogP contribution >= 0.6 is 11.3 Å². The summed E-state index contributed by atoms with van der Waals surface area (Å²) in [6.07, 6.45) is 3.21. The second-order valence-corrected chi connectivity index (χ2v) is 11.5. The van der Waals surface area contributed by atoms with Crippen LogP contribution < -0.4 is 18.9 Å². The van der Waals surface area contributed by atoms with Crippen LogP contribution in [-0.2, 0) is 24.2 Å². The molecule has 0 amide bonds. The summed E-state index contributed by atoms with van der Waals surface area (Å²) in [4.78, 5) is 12.3. The summed E-state index contributed by atoms with van der Waals surface area (Å²) in [5.41, 5.74) is 5.80. The molecular formula is C39H40O6S. The molecule has 0 spiro atoms. The largest absolute Gasteiger partial charge is 0.493 e. The first kappa shape index (κ1) is 32.6. The number of esters is 1. The average molecular weight is 637 g/mol. The summed E-state index contributed by atoms with van der Waals surface area (Å²) in [7, 11) is 1.36. The monoisotopic (exact) mass is 636 g/mol. The van der Waals surface area contributed by atoms with E-state index in [1.54, 1.807) is 29.5 Å². The molecule has 5 rings (SSSR count). The molecule has 0 aliphatic carbocycles. The highest BCUT2D eigenvalue weighted by Crippen LogP contribution is 2.38. The number of thiophene rings is 1. The molecule has 0 aliphatic heterocycles. The number of carbonyl (C=O) groups excluding carboxylic acids is 1. The first-order valence-electron chi connectivity index (χ1n) is 15.7. The molecule has 238 valence electrons. The molecule has 7 heteroatoms. The van der Waals surface area contributed by atoms with Crippen LogP contribution in [0.5, 0.6) is 28.7 Å². The number of hydrogen-bond donors (Lipinski definition) is 0. The number of ether oxygens (including phenoxy) is 5. The van der Waals surface area contributed by atoms with Gasteiger partial charge in [-0.3, -0.25) is 0 Å². The lowest BCUT2D eigenvalue weighted by atomic mass is 10.0. The van der Waals surface area contributed by atoms with Gasteiger partial charge in [-0.2, -0.15) is 11.3 Å². The summed E-state index contributed by atoms with van der Waals surface area (Å²) < 4.78 is 30.1. The van der Waals surface area contributed by atoms with Crippen molar-refractivity contribution in [2.75, 3.05) is 20.3 Å². The lowest BCUT2D eigenvalue weighted by Gasteiger charge is -2.18. The van der Waals surface area contributed by atoms with E-state index in [0.717, 1.165) is 64.3 Å². The first-order valence-corrected chi connectivity index (χ1v) is 16.6. The molecule has 0 unspecified atom stereocenters. The molecule has 0 bridgehead atoms. The lowest BCUT2D eigenvalue weighted by Crippen LogP contribution is -2.08. The fourth-order valence-corrected chi connectivity index (χ4v) is 5.82. The Hall–Kier alpha value is -4.75. The van der Waals surface area contributed by atoms with Gasteiger partial charge in [-0.25, -0.2) is 4.79 Å². The van der Waals surface area contributed by atoms with Gasteiger partial charge in [0.2, 0.25) is 0 Å². The molecule has 0 aliphatic rings. The zero-order valence-electron chi connectivity index (χ0n) is 26.6. The molecule has 0 fully saturated rings. The van der Waals surface area contributed by atoms with Gasteiger partial charge in [-0.15, -0.1) is 0 Å². The van der Waals surface area contributed by atoms with E-state index in [2.05, 4.69) is 48.9 Å². The highest BCUT2D eigenvalue weighted by atomic mass is 32.1. The molecule has 1 aromatic heterocycles. The topological polar surface area (TPSA) is 63.2 Å². The van der Waals surface area contributed by atoms with E-state index < -0.39 is 5.97 Å². The van der Waals surface area contributed by atoms with Gasteiger partial charge in [0, 0.05) is 23.6 Å². The van der Waals surface area contributed by atoms with Crippen molar-refractivity contribution in [1.82, 2.24) is 0 Å². The van der Waals surface area contributed by atoms with E-state index in [1.807, 2.05) is 48.5 Å². The number of benzene rings is 4. The Kier molecular flexibility index (Phi) is 11.7. The summed E-state index contributed by atoms with van der Waals surface area (Å²) in [5.74, 6) is 3.06. The normalized spacial score (nSPS) is 10.8. The van der Waals surface area contributed by atoms with Crippen molar-refractivity contribution in [1.29, 1.82) is 0 Å². The number of methoxy groups -OCH3 is 1. The van der Waals surface area contributed by atoms with Crippen molar-refractivity contribution < 1.29 is 28.5 Å². The lowest BCUT2D eigenvalue weighted by molar-refractivity contribution is 0.0598. The van der Waals surface area contributed by atoms with E-state index in [9.17, 15) is 4.79 Å². The third-order valence-corrected chi connectivity index (χ3v) is 8.20. The zero-order valence-corrected chi connectivity index (χ0v) is 27.4. The van der Waals surface area contributed by atoms with Crippen molar-refractivity contribution in [2.45, 2.75) is 46.1 Å². The average Bonchev–Trinajstić information content (AvgIpc) is 3.64. The highest BCUT2D eigenvalue weighted by Gasteiger charge is 2.17. The van der Waals surface area contributed by atoms with Crippen LogP contribution in [0.4, 0.5) is 0 Å². The molecule has 1 heterocycles. The zero-order chi connectivity index (χ0) is 32.1. The van der Waals surface area contributed by atoms with Crippen molar-refractivity contribution in [3.05, 3.63) is 124 Å². The molecule has 0 atom stereocenters. The number of hydrogen-bond acceptors (Lipinski definition) is 7. The third-order valence-electron chi connectivity index (χ3n) is 7.52. The molecule has 0 radical (unpaired) electrons. The van der Waals surface area contributed by atoms with E-state index >= 15 is 0 Å². The maximum Gasteiger partial charge on any atom is 0.341 e. The Morgan fingerprint density at radius 2 is 1.48 bits per heavy atom. The fraction of sp³-hybridized carbons (Fsp3) is 0.256. The smallest absolute Gasteiger partial charge is 0.341 e. The van der Waals surface area contributed by atoms with Gasteiger partial charge in [0.25, 0.3) is 0 Å². The Labute approximate surface area is 275 Å². The quantitative estimate of drug-likeness (QED) is 0.0794. The first-order chi connectivity index (χ1) is 22.6. The van der Waals surface area contributed by atoms with Crippen LogP contribution in [0.3, 0.4) is 0 Å². The van der Waals surface area contributed by atoms with E-state index in [1.165, 1.54) is 7.11 Å². The van der Waals surface area contributed by atoms with E-state index in [-0.39, 0.29) is 0 Å². The second-order valence-electron chi connectivity index (χ2n) is 10.7. The Balaban J connectivity index is 1.25. The SMILES string of the molecule is CCCc1c(OCCCOc2cc(OCc3ccccc3)c(-c3ccsc3)cc2CC)cccc1Oc1ccccc1C(=O)OC. The highest BCUT2D eigenvalue weighted by molar-refractivity contribution is 7.08. The van der Waals surface area contributed by atoms with Gasteiger partial charge < -0.3 is 23.7 Å². The predicted molar refractivity (Wildman–Crippen MR) is 184 cm³/mol. The molecule has 0 saturated carbocycles. The third kappa shape index (κ3) is 8.29. The van der Waals surface area contributed by atoms with Gasteiger partial charge >= 0.3 is 5.97 Å². The molecular weight excluding hydrogens is 596 g/mol. The van der Waals surface area contributed by atoms with Crippen molar-refractivity contribution in [3.63, 3.8) is 0 Å². The van der Waals surface area contributed by atoms with Gasteiger partial charge in [0.1, 0.15) is 40.9 Å². The molecule has 5 aromatic rings. The van der Waals surface area contributed by atoms with Crippen LogP contribution in [0.2, 0.25) is 0 Å². The van der Waals surface area contributed by atoms with Gasteiger partial charge in [0.05, 0.1) is 20.3 Å². The van der Waals surface area contributed by atoms with Gasteiger partial charge in [-0.1, -0.05) is 68.8 Å². The summed E-state index contributed by atoms with van der Waals surface area (Å²) >= 11 is 1.67. The van der Waals surface area contributed by atoms with Gasteiger partial charge in [-0.05, 0) is 76.7 Å². The summed E-state index contributed by atoms with van der Waals surface area (Å²) in [6.45, 7) is 5.71. The van der Waals surface area contributed by atoms with Crippen LogP contribution in [0, 0.1) is 0 Å². The summed E-state index contributed by atoms with van der Waals surface area (Å²) in [5, 5.41) is 4.23. The number of para-hydroxylation sites is 1. The Bertz CT molecular complexity index is 1700. The van der Waals surface area contributed by atoms with Crippen LogP contribution in [-0.4, -0.2) is 26.3 Å². The predicted octanol–water partition coefficient (Wildman–Crippen LogP) is 9.94. The molecule has 0 N–H and O–H groups in total. The van der Waals surface area contributed by atoms with E-state index in [4.69, 9.17) is 23.7 Å². The minimum absolute atomic E-state index is 0.374. The second kappa shape index (κ2) is 16.5. The summed E-state index contributed by atoms with van der Waals surface area (Å²) in [6, 6.07) is 29.4. The number of rotatable bonds is 16. The molecule has 46 heavy (non-hydrogen) atoms. The van der Waals surface area contributed by atoms with Crippen LogP contribution in [0.1, 0.15) is 53.7 Å². The maximum absolute atomic E-state index is 12.3. The van der Waals surface area contributed by atoms with Crippen molar-refractivity contribution in [3.8, 4) is 39.9 Å².